The Morgan fingerprint density at radius 2 is 1.42 bits per heavy atom. The number of imidazole rings is 1. The lowest BCUT2D eigenvalue weighted by Crippen LogP contribution is -2.37. The largest absolute Gasteiger partial charge is 0.494 e. The SMILES string of the molecule is COc1c(Nc2cc(Cl)nc3c2C(=O)N(C)C3)cccc1-c1cncn1C(c1ccccc1)(c1ccccc1)c1ccccc1. The summed E-state index contributed by atoms with van der Waals surface area (Å²) in [4.78, 5) is 23.8. The van der Waals surface area contributed by atoms with Gasteiger partial charge in [-0.1, -0.05) is 109 Å². The Hall–Kier alpha value is -5.40. The molecule has 0 aliphatic carbocycles. The highest BCUT2D eigenvalue weighted by molar-refractivity contribution is 6.30. The number of para-hydroxylation sites is 1. The molecule has 6 aromatic rings. The van der Waals surface area contributed by atoms with Crippen molar-refractivity contribution in [1.82, 2.24) is 19.4 Å². The molecule has 0 fully saturated rings. The fourth-order valence-corrected chi connectivity index (χ4v) is 6.63. The standard InChI is InChI=1S/C37H30ClN5O2/c1-42-23-31-34(36(42)44)30(21-33(38)41-31)40-29-20-12-19-28(35(29)45-2)32-22-39-24-43(32)37(25-13-6-3-7-14-25,26-15-8-4-9-16-26)27-17-10-5-11-18-27/h3-22,24H,23H2,1-2H3,(H,40,41). The number of carbonyl (C=O) groups excluding carboxylic acids is 1. The smallest absolute Gasteiger partial charge is 0.257 e. The van der Waals surface area contributed by atoms with Crippen molar-refractivity contribution in [3.8, 4) is 17.0 Å². The van der Waals surface area contributed by atoms with Crippen LogP contribution in [0.3, 0.4) is 0 Å². The second-order valence-corrected chi connectivity index (χ2v) is 11.3. The molecule has 0 atom stereocenters. The summed E-state index contributed by atoms with van der Waals surface area (Å²) in [5.41, 5.74) is 6.57. The van der Waals surface area contributed by atoms with Crippen molar-refractivity contribution in [3.05, 3.63) is 161 Å². The molecule has 7 nitrogen and oxygen atoms in total. The summed E-state index contributed by atoms with van der Waals surface area (Å²) in [5.74, 6) is 0.492. The quantitative estimate of drug-likeness (QED) is 0.141. The molecule has 1 amide bonds. The number of methoxy groups -OCH3 is 1. The van der Waals surface area contributed by atoms with E-state index in [2.05, 4.69) is 87.7 Å². The summed E-state index contributed by atoms with van der Waals surface area (Å²) in [6.07, 6.45) is 3.75. The summed E-state index contributed by atoms with van der Waals surface area (Å²) < 4.78 is 8.32. The Labute approximate surface area is 266 Å². The number of anilines is 2. The fourth-order valence-electron chi connectivity index (χ4n) is 6.42. The number of amides is 1. The molecule has 3 heterocycles. The van der Waals surface area contributed by atoms with E-state index in [0.717, 1.165) is 27.9 Å². The molecule has 1 aliphatic heterocycles. The molecule has 1 N–H and O–H groups in total. The second-order valence-electron chi connectivity index (χ2n) is 10.9. The lowest BCUT2D eigenvalue weighted by atomic mass is 9.76. The summed E-state index contributed by atoms with van der Waals surface area (Å²) in [7, 11) is 3.40. The Kier molecular flexibility index (Phi) is 7.31. The van der Waals surface area contributed by atoms with Crippen LogP contribution in [0.5, 0.6) is 5.75 Å². The van der Waals surface area contributed by atoms with Crippen LogP contribution in [0.15, 0.2) is 128 Å². The molecule has 4 aromatic carbocycles. The maximum Gasteiger partial charge on any atom is 0.257 e. The molecule has 7 rings (SSSR count). The minimum Gasteiger partial charge on any atom is -0.494 e. The van der Waals surface area contributed by atoms with Gasteiger partial charge in [-0.25, -0.2) is 9.97 Å². The van der Waals surface area contributed by atoms with Crippen LogP contribution in [0.4, 0.5) is 11.4 Å². The first-order valence-electron chi connectivity index (χ1n) is 14.6. The third kappa shape index (κ3) is 4.73. The molecular weight excluding hydrogens is 582 g/mol. The van der Waals surface area contributed by atoms with Gasteiger partial charge in [-0.05, 0) is 34.9 Å². The monoisotopic (exact) mass is 611 g/mol. The van der Waals surface area contributed by atoms with Gasteiger partial charge in [0, 0.05) is 12.6 Å². The number of nitrogens with one attached hydrogen (secondary N) is 1. The van der Waals surface area contributed by atoms with Crippen LogP contribution in [-0.4, -0.2) is 39.5 Å². The van der Waals surface area contributed by atoms with Gasteiger partial charge in [-0.15, -0.1) is 0 Å². The predicted octanol–water partition coefficient (Wildman–Crippen LogP) is 7.78. The second kappa shape index (κ2) is 11.6. The van der Waals surface area contributed by atoms with Gasteiger partial charge in [-0.3, -0.25) is 4.79 Å². The summed E-state index contributed by atoms with van der Waals surface area (Å²) >= 11 is 6.40. The number of nitrogens with zero attached hydrogens (tertiary/aromatic N) is 4. The van der Waals surface area contributed by atoms with Gasteiger partial charge in [0.25, 0.3) is 5.91 Å². The average molecular weight is 612 g/mol. The molecule has 2 aromatic heterocycles. The number of benzene rings is 4. The maximum atomic E-state index is 13.0. The molecule has 1 aliphatic rings. The van der Waals surface area contributed by atoms with E-state index in [1.54, 1.807) is 25.1 Å². The number of ether oxygens (including phenoxy) is 1. The summed E-state index contributed by atoms with van der Waals surface area (Å²) in [6, 6.07) is 39.0. The van der Waals surface area contributed by atoms with Gasteiger partial charge in [-0.2, -0.15) is 0 Å². The zero-order valence-electron chi connectivity index (χ0n) is 24.8. The molecule has 0 saturated heterocycles. The number of aromatic nitrogens is 3. The van der Waals surface area contributed by atoms with E-state index < -0.39 is 5.54 Å². The number of fused-ring (bicyclic) bond motifs is 1. The van der Waals surface area contributed by atoms with Crippen molar-refractivity contribution in [3.63, 3.8) is 0 Å². The van der Waals surface area contributed by atoms with Gasteiger partial charge in [0.05, 0.1) is 54.5 Å². The number of hydrogen-bond acceptors (Lipinski definition) is 5. The van der Waals surface area contributed by atoms with Crippen LogP contribution in [-0.2, 0) is 12.1 Å². The first-order chi connectivity index (χ1) is 22.0. The Bertz CT molecular complexity index is 1900. The highest BCUT2D eigenvalue weighted by Gasteiger charge is 2.40. The average Bonchev–Trinajstić information content (AvgIpc) is 3.67. The summed E-state index contributed by atoms with van der Waals surface area (Å²) in [5, 5.41) is 3.76. The molecular formula is C37H30ClN5O2. The molecule has 222 valence electrons. The molecule has 45 heavy (non-hydrogen) atoms. The van der Waals surface area contributed by atoms with Gasteiger partial charge < -0.3 is 19.5 Å². The minimum absolute atomic E-state index is 0.108. The van der Waals surface area contributed by atoms with Crippen LogP contribution < -0.4 is 10.1 Å². The number of rotatable bonds is 8. The Balaban J connectivity index is 1.45. The van der Waals surface area contributed by atoms with E-state index in [9.17, 15) is 4.79 Å². The van der Waals surface area contributed by atoms with E-state index in [1.807, 2.05) is 48.9 Å². The van der Waals surface area contributed by atoms with Gasteiger partial charge in [0.15, 0.2) is 5.75 Å². The van der Waals surface area contributed by atoms with Crippen molar-refractivity contribution in [2.24, 2.45) is 0 Å². The predicted molar refractivity (Wildman–Crippen MR) is 177 cm³/mol. The first kappa shape index (κ1) is 28.4. The Morgan fingerprint density at radius 1 is 0.822 bits per heavy atom. The third-order valence-electron chi connectivity index (χ3n) is 8.35. The van der Waals surface area contributed by atoms with Crippen molar-refractivity contribution < 1.29 is 9.53 Å². The lowest BCUT2D eigenvalue weighted by Gasteiger charge is -2.38. The van der Waals surface area contributed by atoms with Crippen LogP contribution in [0.25, 0.3) is 11.3 Å². The van der Waals surface area contributed by atoms with Crippen molar-refractivity contribution >= 4 is 28.9 Å². The molecule has 0 radical (unpaired) electrons. The highest BCUT2D eigenvalue weighted by atomic mass is 35.5. The van der Waals surface area contributed by atoms with E-state index in [4.69, 9.17) is 21.3 Å². The summed E-state index contributed by atoms with van der Waals surface area (Å²) in [6.45, 7) is 0.403. The van der Waals surface area contributed by atoms with Crippen LogP contribution in [0.1, 0.15) is 32.7 Å². The van der Waals surface area contributed by atoms with Crippen LogP contribution >= 0.6 is 11.6 Å². The number of pyridine rings is 1. The van der Waals surface area contributed by atoms with E-state index >= 15 is 0 Å². The minimum atomic E-state index is -0.763. The lowest BCUT2D eigenvalue weighted by molar-refractivity contribution is 0.0817. The molecule has 0 spiro atoms. The van der Waals surface area contributed by atoms with Crippen LogP contribution in [0, 0.1) is 0 Å². The van der Waals surface area contributed by atoms with E-state index in [1.165, 1.54) is 0 Å². The molecule has 0 saturated carbocycles. The normalized spacial score (nSPS) is 12.7. The molecule has 0 unspecified atom stereocenters. The topological polar surface area (TPSA) is 72.3 Å². The fraction of sp³-hybridized carbons (Fsp3) is 0.108. The number of hydrogen-bond donors (Lipinski definition) is 1. The first-order valence-corrected chi connectivity index (χ1v) is 15.0. The zero-order valence-corrected chi connectivity index (χ0v) is 25.6. The van der Waals surface area contributed by atoms with Crippen LogP contribution in [0.2, 0.25) is 5.15 Å². The molecule has 8 heteroatoms. The van der Waals surface area contributed by atoms with E-state index in [-0.39, 0.29) is 5.91 Å². The van der Waals surface area contributed by atoms with Gasteiger partial charge in [0.1, 0.15) is 10.7 Å². The van der Waals surface area contributed by atoms with Crippen molar-refractivity contribution in [1.29, 1.82) is 0 Å². The zero-order chi connectivity index (χ0) is 31.0. The maximum absolute atomic E-state index is 13.0. The molecule has 0 bridgehead atoms. The highest BCUT2D eigenvalue weighted by Crippen LogP contribution is 2.46. The van der Waals surface area contributed by atoms with E-state index in [0.29, 0.717) is 40.1 Å². The third-order valence-corrected chi connectivity index (χ3v) is 8.54. The van der Waals surface area contributed by atoms with Crippen molar-refractivity contribution in [2.75, 3.05) is 19.5 Å². The van der Waals surface area contributed by atoms with Gasteiger partial charge in [0.2, 0.25) is 0 Å². The number of halogens is 1. The Morgan fingerprint density at radius 3 is 2.00 bits per heavy atom. The van der Waals surface area contributed by atoms with Crippen molar-refractivity contribution in [2.45, 2.75) is 12.1 Å². The van der Waals surface area contributed by atoms with Gasteiger partial charge >= 0.3 is 0 Å². The number of carbonyl (C=O) groups is 1.